The van der Waals surface area contributed by atoms with Crippen molar-refractivity contribution in [3.63, 3.8) is 0 Å². The molecule has 1 aromatic heterocycles. The SMILES string of the molecule is Cc1nnc(NC(=O)CNC(=O)c2ccc(C(C)(C)C)cc2)s1. The molecule has 0 aliphatic heterocycles. The summed E-state index contributed by atoms with van der Waals surface area (Å²) in [6.45, 7) is 8.03. The van der Waals surface area contributed by atoms with E-state index in [9.17, 15) is 9.59 Å². The summed E-state index contributed by atoms with van der Waals surface area (Å²) in [5, 5.41) is 14.0. The first-order valence-corrected chi connectivity index (χ1v) is 8.06. The molecule has 0 saturated carbocycles. The van der Waals surface area contributed by atoms with E-state index in [0.717, 1.165) is 10.6 Å². The highest BCUT2D eigenvalue weighted by atomic mass is 32.1. The third-order valence-electron chi connectivity index (χ3n) is 3.19. The summed E-state index contributed by atoms with van der Waals surface area (Å²) in [5.41, 5.74) is 1.71. The van der Waals surface area contributed by atoms with E-state index in [1.807, 2.05) is 12.1 Å². The van der Waals surface area contributed by atoms with Crippen molar-refractivity contribution in [3.8, 4) is 0 Å². The van der Waals surface area contributed by atoms with Gasteiger partial charge in [0.15, 0.2) is 0 Å². The van der Waals surface area contributed by atoms with Gasteiger partial charge < -0.3 is 5.32 Å². The van der Waals surface area contributed by atoms with Gasteiger partial charge in [0.1, 0.15) is 5.01 Å². The lowest BCUT2D eigenvalue weighted by Gasteiger charge is -2.19. The summed E-state index contributed by atoms with van der Waals surface area (Å²) in [7, 11) is 0. The number of hydrogen-bond acceptors (Lipinski definition) is 5. The molecular weight excluding hydrogens is 312 g/mol. The van der Waals surface area contributed by atoms with Gasteiger partial charge in [-0.05, 0) is 30.0 Å². The first kappa shape index (κ1) is 17.1. The largest absolute Gasteiger partial charge is 0.343 e. The van der Waals surface area contributed by atoms with Gasteiger partial charge in [-0.25, -0.2) is 0 Å². The van der Waals surface area contributed by atoms with E-state index >= 15 is 0 Å². The maximum absolute atomic E-state index is 12.1. The predicted molar refractivity (Wildman–Crippen MR) is 90.8 cm³/mol. The third-order valence-corrected chi connectivity index (χ3v) is 3.95. The number of aryl methyl sites for hydroxylation is 1. The molecule has 2 amide bonds. The Morgan fingerprint density at radius 1 is 1.13 bits per heavy atom. The summed E-state index contributed by atoms with van der Waals surface area (Å²) in [6, 6.07) is 7.39. The predicted octanol–water partition coefficient (Wildman–Crippen LogP) is 2.51. The average molecular weight is 332 g/mol. The van der Waals surface area contributed by atoms with Crippen LogP contribution >= 0.6 is 11.3 Å². The van der Waals surface area contributed by atoms with Gasteiger partial charge in [-0.1, -0.05) is 44.2 Å². The van der Waals surface area contributed by atoms with E-state index in [1.54, 1.807) is 19.1 Å². The van der Waals surface area contributed by atoms with Gasteiger partial charge in [0, 0.05) is 5.56 Å². The van der Waals surface area contributed by atoms with Gasteiger partial charge in [0.2, 0.25) is 11.0 Å². The molecule has 0 bridgehead atoms. The fourth-order valence-corrected chi connectivity index (χ4v) is 2.50. The number of rotatable bonds is 4. The molecule has 23 heavy (non-hydrogen) atoms. The van der Waals surface area contributed by atoms with E-state index in [1.165, 1.54) is 11.3 Å². The molecule has 0 spiro atoms. The number of carbonyl (C=O) groups is 2. The molecular formula is C16H20N4O2S. The van der Waals surface area contributed by atoms with Gasteiger partial charge in [0.05, 0.1) is 6.54 Å². The molecule has 2 N–H and O–H groups in total. The second-order valence-electron chi connectivity index (χ2n) is 6.18. The van der Waals surface area contributed by atoms with Crippen LogP contribution in [-0.4, -0.2) is 28.6 Å². The van der Waals surface area contributed by atoms with Gasteiger partial charge in [0.25, 0.3) is 5.91 Å². The molecule has 0 saturated heterocycles. The number of benzene rings is 1. The van der Waals surface area contributed by atoms with Crippen molar-refractivity contribution in [3.05, 3.63) is 40.4 Å². The zero-order valence-electron chi connectivity index (χ0n) is 13.6. The molecule has 2 aromatic rings. The number of hydrogen-bond donors (Lipinski definition) is 2. The first-order chi connectivity index (χ1) is 10.8. The minimum atomic E-state index is -0.333. The molecule has 0 atom stereocenters. The molecule has 122 valence electrons. The molecule has 0 aliphatic rings. The van der Waals surface area contributed by atoms with Crippen LogP contribution in [-0.2, 0) is 10.2 Å². The Labute approximate surface area is 139 Å². The van der Waals surface area contributed by atoms with E-state index in [0.29, 0.717) is 10.7 Å². The molecule has 1 aromatic carbocycles. The van der Waals surface area contributed by atoms with Crippen molar-refractivity contribution in [2.24, 2.45) is 0 Å². The third kappa shape index (κ3) is 4.85. The molecule has 0 aliphatic carbocycles. The lowest BCUT2D eigenvalue weighted by molar-refractivity contribution is -0.115. The summed E-state index contributed by atoms with van der Waals surface area (Å²) in [5.74, 6) is -0.616. The normalized spacial score (nSPS) is 11.1. The minimum Gasteiger partial charge on any atom is -0.343 e. The van der Waals surface area contributed by atoms with E-state index in [4.69, 9.17) is 0 Å². The van der Waals surface area contributed by atoms with E-state index in [-0.39, 0.29) is 23.8 Å². The lowest BCUT2D eigenvalue weighted by Crippen LogP contribution is -2.32. The fourth-order valence-electron chi connectivity index (χ4n) is 1.89. The summed E-state index contributed by atoms with van der Waals surface area (Å²) in [6.07, 6.45) is 0. The maximum Gasteiger partial charge on any atom is 0.251 e. The zero-order valence-corrected chi connectivity index (χ0v) is 14.5. The van der Waals surface area contributed by atoms with Gasteiger partial charge >= 0.3 is 0 Å². The molecule has 0 unspecified atom stereocenters. The van der Waals surface area contributed by atoms with Crippen molar-refractivity contribution in [2.45, 2.75) is 33.1 Å². The maximum atomic E-state index is 12.1. The van der Waals surface area contributed by atoms with E-state index in [2.05, 4.69) is 41.6 Å². The van der Waals surface area contributed by atoms with Crippen LogP contribution in [0.5, 0.6) is 0 Å². The average Bonchev–Trinajstić information content (AvgIpc) is 2.89. The number of nitrogens with one attached hydrogen (secondary N) is 2. The number of carbonyl (C=O) groups excluding carboxylic acids is 2. The van der Waals surface area contributed by atoms with Crippen LogP contribution in [0.25, 0.3) is 0 Å². The molecule has 7 heteroatoms. The van der Waals surface area contributed by atoms with E-state index < -0.39 is 0 Å². The van der Waals surface area contributed by atoms with Crippen LogP contribution < -0.4 is 10.6 Å². The zero-order chi connectivity index (χ0) is 17.0. The first-order valence-electron chi connectivity index (χ1n) is 7.24. The van der Waals surface area contributed by atoms with Crippen molar-refractivity contribution in [1.82, 2.24) is 15.5 Å². The molecule has 0 radical (unpaired) electrons. The molecule has 1 heterocycles. The Bertz CT molecular complexity index is 702. The Morgan fingerprint density at radius 2 is 1.78 bits per heavy atom. The van der Waals surface area contributed by atoms with Crippen molar-refractivity contribution in [1.29, 1.82) is 0 Å². The minimum absolute atomic E-state index is 0.0365. The van der Waals surface area contributed by atoms with Gasteiger partial charge in [-0.3, -0.25) is 14.9 Å². The number of nitrogens with zero attached hydrogens (tertiary/aromatic N) is 2. The van der Waals surface area contributed by atoms with Crippen LogP contribution in [0.15, 0.2) is 24.3 Å². The number of amides is 2. The summed E-state index contributed by atoms with van der Waals surface area (Å²) >= 11 is 1.28. The fraction of sp³-hybridized carbons (Fsp3) is 0.375. The Morgan fingerprint density at radius 3 is 2.30 bits per heavy atom. The lowest BCUT2D eigenvalue weighted by atomic mass is 9.87. The Balaban J connectivity index is 1.88. The summed E-state index contributed by atoms with van der Waals surface area (Å²) < 4.78 is 0. The topological polar surface area (TPSA) is 84.0 Å². The highest BCUT2D eigenvalue weighted by molar-refractivity contribution is 7.15. The second kappa shape index (κ2) is 6.87. The van der Waals surface area contributed by atoms with Gasteiger partial charge in [-0.15, -0.1) is 10.2 Å². The molecule has 6 nitrogen and oxygen atoms in total. The molecule has 0 fully saturated rings. The van der Waals surface area contributed by atoms with Gasteiger partial charge in [-0.2, -0.15) is 0 Å². The standard InChI is InChI=1S/C16H20N4O2S/c1-10-19-20-15(23-10)18-13(21)9-17-14(22)11-5-7-12(8-6-11)16(2,3)4/h5-8H,9H2,1-4H3,(H,17,22)(H,18,20,21). The van der Waals surface area contributed by atoms with Crippen LogP contribution in [0.1, 0.15) is 41.7 Å². The summed E-state index contributed by atoms with van der Waals surface area (Å²) in [4.78, 5) is 23.8. The van der Waals surface area contributed by atoms with Crippen LogP contribution in [0.3, 0.4) is 0 Å². The quantitative estimate of drug-likeness (QED) is 0.901. The van der Waals surface area contributed by atoms with Crippen molar-refractivity contribution >= 4 is 28.3 Å². The van der Waals surface area contributed by atoms with Crippen molar-refractivity contribution < 1.29 is 9.59 Å². The Kier molecular flexibility index (Phi) is 5.10. The van der Waals surface area contributed by atoms with Crippen LogP contribution in [0, 0.1) is 6.92 Å². The monoisotopic (exact) mass is 332 g/mol. The Hall–Kier alpha value is -2.28. The molecule has 2 rings (SSSR count). The van der Waals surface area contributed by atoms with Crippen LogP contribution in [0.4, 0.5) is 5.13 Å². The highest BCUT2D eigenvalue weighted by Crippen LogP contribution is 2.22. The second-order valence-corrected chi connectivity index (χ2v) is 7.37. The highest BCUT2D eigenvalue weighted by Gasteiger charge is 2.15. The van der Waals surface area contributed by atoms with Crippen LogP contribution in [0.2, 0.25) is 0 Å². The number of aromatic nitrogens is 2. The number of anilines is 1. The smallest absolute Gasteiger partial charge is 0.251 e. The van der Waals surface area contributed by atoms with Crippen molar-refractivity contribution in [2.75, 3.05) is 11.9 Å².